The van der Waals surface area contributed by atoms with Crippen molar-refractivity contribution in [3.05, 3.63) is 53.3 Å². The lowest BCUT2D eigenvalue weighted by atomic mass is 9.99. The van der Waals surface area contributed by atoms with Gasteiger partial charge in [-0.1, -0.05) is 30.3 Å². The first-order chi connectivity index (χ1) is 11.7. The summed E-state index contributed by atoms with van der Waals surface area (Å²) in [7, 11) is 0. The molecule has 3 aromatic rings. The summed E-state index contributed by atoms with van der Waals surface area (Å²) in [6.07, 6.45) is 0. The fourth-order valence-corrected chi connectivity index (χ4v) is 3.34. The first-order valence-electron chi connectivity index (χ1n) is 8.08. The van der Waals surface area contributed by atoms with Crippen LogP contribution >= 0.6 is 11.6 Å². The number of aromatic nitrogens is 2. The maximum atomic E-state index is 6.14. The zero-order valence-electron chi connectivity index (χ0n) is 13.5. The molecule has 0 saturated carbocycles. The van der Waals surface area contributed by atoms with E-state index in [-0.39, 0.29) is 5.28 Å². The highest BCUT2D eigenvalue weighted by atomic mass is 35.5. The molecule has 0 unspecified atom stereocenters. The number of halogens is 1. The van der Waals surface area contributed by atoms with Crippen LogP contribution in [0.5, 0.6) is 0 Å². The molecular formula is C19H18ClN3O. The van der Waals surface area contributed by atoms with Crippen molar-refractivity contribution in [2.24, 2.45) is 0 Å². The Labute approximate surface area is 146 Å². The Bertz CT molecular complexity index is 891. The van der Waals surface area contributed by atoms with Crippen molar-refractivity contribution in [1.82, 2.24) is 9.97 Å². The predicted molar refractivity (Wildman–Crippen MR) is 97.8 cm³/mol. The third kappa shape index (κ3) is 2.83. The van der Waals surface area contributed by atoms with E-state index in [4.69, 9.17) is 16.3 Å². The summed E-state index contributed by atoms with van der Waals surface area (Å²) in [5.41, 5.74) is 4.51. The first kappa shape index (κ1) is 15.4. The van der Waals surface area contributed by atoms with Gasteiger partial charge in [0.05, 0.1) is 18.7 Å². The van der Waals surface area contributed by atoms with E-state index in [1.54, 1.807) is 0 Å². The predicted octanol–water partition coefficient (Wildman–Crippen LogP) is 4.10. The lowest BCUT2D eigenvalue weighted by Gasteiger charge is -2.28. The Balaban J connectivity index is 1.88. The van der Waals surface area contributed by atoms with Gasteiger partial charge in [-0.25, -0.2) is 4.98 Å². The Morgan fingerprint density at radius 3 is 2.62 bits per heavy atom. The van der Waals surface area contributed by atoms with Crippen LogP contribution in [0.2, 0.25) is 5.28 Å². The number of nitrogens with zero attached hydrogens (tertiary/aromatic N) is 3. The monoisotopic (exact) mass is 339 g/mol. The van der Waals surface area contributed by atoms with Crippen molar-refractivity contribution in [3.63, 3.8) is 0 Å². The highest BCUT2D eigenvalue weighted by Gasteiger charge is 2.17. The van der Waals surface area contributed by atoms with Crippen LogP contribution in [0.15, 0.2) is 42.5 Å². The number of hydrogen-bond acceptors (Lipinski definition) is 4. The Hall–Kier alpha value is -2.17. The maximum absolute atomic E-state index is 6.14. The largest absolute Gasteiger partial charge is 0.378 e. The van der Waals surface area contributed by atoms with Gasteiger partial charge in [-0.2, -0.15) is 4.98 Å². The molecule has 0 radical (unpaired) electrons. The summed E-state index contributed by atoms with van der Waals surface area (Å²) in [5.74, 6) is 0.892. The van der Waals surface area contributed by atoms with Gasteiger partial charge in [0.25, 0.3) is 0 Å². The minimum Gasteiger partial charge on any atom is -0.378 e. The molecule has 1 aliphatic rings. The molecule has 4 rings (SSSR count). The van der Waals surface area contributed by atoms with Gasteiger partial charge in [0.2, 0.25) is 5.28 Å². The van der Waals surface area contributed by atoms with E-state index in [9.17, 15) is 0 Å². The molecule has 0 amide bonds. The second kappa shape index (κ2) is 6.38. The van der Waals surface area contributed by atoms with Crippen LogP contribution in [0, 0.1) is 6.92 Å². The number of fused-ring (bicyclic) bond motifs is 1. The lowest BCUT2D eigenvalue weighted by Crippen LogP contribution is -2.37. The molecule has 2 aromatic carbocycles. The molecule has 1 fully saturated rings. The van der Waals surface area contributed by atoms with E-state index in [1.807, 2.05) is 6.07 Å². The molecule has 4 nitrogen and oxygen atoms in total. The zero-order chi connectivity index (χ0) is 16.5. The van der Waals surface area contributed by atoms with Crippen molar-refractivity contribution in [1.29, 1.82) is 0 Å². The summed E-state index contributed by atoms with van der Waals surface area (Å²) >= 11 is 6.14. The molecule has 0 N–H and O–H groups in total. The molecule has 0 aliphatic carbocycles. The molecule has 0 spiro atoms. The fourth-order valence-electron chi connectivity index (χ4n) is 3.17. The molecule has 1 saturated heterocycles. The topological polar surface area (TPSA) is 38.2 Å². The smallest absolute Gasteiger partial charge is 0.224 e. The van der Waals surface area contributed by atoms with Gasteiger partial charge in [0.1, 0.15) is 5.82 Å². The molecule has 1 aliphatic heterocycles. The minimum absolute atomic E-state index is 0.285. The van der Waals surface area contributed by atoms with Gasteiger partial charge in [-0.15, -0.1) is 0 Å². The summed E-state index contributed by atoms with van der Waals surface area (Å²) in [6, 6.07) is 14.7. The lowest BCUT2D eigenvalue weighted by molar-refractivity contribution is 0.122. The number of benzene rings is 2. The number of aryl methyl sites for hydroxylation is 1. The van der Waals surface area contributed by atoms with Gasteiger partial charge >= 0.3 is 0 Å². The summed E-state index contributed by atoms with van der Waals surface area (Å²) in [6.45, 7) is 5.18. The van der Waals surface area contributed by atoms with Crippen molar-refractivity contribution < 1.29 is 4.74 Å². The van der Waals surface area contributed by atoms with E-state index >= 15 is 0 Å². The average Bonchev–Trinajstić information content (AvgIpc) is 2.62. The van der Waals surface area contributed by atoms with Gasteiger partial charge in [-0.3, -0.25) is 0 Å². The Morgan fingerprint density at radius 2 is 1.83 bits per heavy atom. The number of ether oxygens (including phenoxy) is 1. The molecule has 5 heteroatoms. The van der Waals surface area contributed by atoms with Crippen LogP contribution < -0.4 is 4.90 Å². The van der Waals surface area contributed by atoms with Gasteiger partial charge < -0.3 is 9.64 Å². The minimum atomic E-state index is 0.285. The third-order valence-electron chi connectivity index (χ3n) is 4.42. The zero-order valence-corrected chi connectivity index (χ0v) is 14.3. The normalized spacial score (nSPS) is 15.0. The second-order valence-electron chi connectivity index (χ2n) is 5.96. The second-order valence-corrected chi connectivity index (χ2v) is 6.30. The standard InChI is InChI=1S/C19H18ClN3O/c1-13-4-2-3-5-15(13)14-6-7-17-16(12-14)18(22-19(20)21-17)23-8-10-24-11-9-23/h2-7,12H,8-11H2,1H3. The van der Waals surface area contributed by atoms with E-state index in [2.05, 4.69) is 58.2 Å². The van der Waals surface area contributed by atoms with E-state index in [1.165, 1.54) is 16.7 Å². The Kier molecular flexibility index (Phi) is 4.08. The number of hydrogen-bond donors (Lipinski definition) is 0. The van der Waals surface area contributed by atoms with Gasteiger partial charge in [0.15, 0.2) is 0 Å². The van der Waals surface area contributed by atoms with E-state index in [0.29, 0.717) is 13.2 Å². The van der Waals surface area contributed by atoms with Crippen LogP contribution in [0.4, 0.5) is 5.82 Å². The molecule has 0 atom stereocenters. The highest BCUT2D eigenvalue weighted by Crippen LogP contribution is 2.31. The summed E-state index contributed by atoms with van der Waals surface area (Å²) in [4.78, 5) is 11.1. The van der Waals surface area contributed by atoms with Gasteiger partial charge in [-0.05, 0) is 47.3 Å². The number of rotatable bonds is 2. The third-order valence-corrected chi connectivity index (χ3v) is 4.58. The van der Waals surface area contributed by atoms with Crippen molar-refractivity contribution in [2.45, 2.75) is 6.92 Å². The maximum Gasteiger partial charge on any atom is 0.224 e. The van der Waals surface area contributed by atoms with Gasteiger partial charge in [0, 0.05) is 18.5 Å². The number of morpholine rings is 1. The van der Waals surface area contributed by atoms with Crippen molar-refractivity contribution in [3.8, 4) is 11.1 Å². The molecular weight excluding hydrogens is 322 g/mol. The average molecular weight is 340 g/mol. The van der Waals surface area contributed by atoms with Crippen LogP contribution in [0.1, 0.15) is 5.56 Å². The van der Waals surface area contributed by atoms with Crippen LogP contribution in [0.3, 0.4) is 0 Å². The fraction of sp³-hybridized carbons (Fsp3) is 0.263. The van der Waals surface area contributed by atoms with E-state index < -0.39 is 0 Å². The van der Waals surface area contributed by atoms with Crippen molar-refractivity contribution >= 4 is 28.3 Å². The SMILES string of the molecule is Cc1ccccc1-c1ccc2nc(Cl)nc(N3CCOCC3)c2c1. The molecule has 122 valence electrons. The Morgan fingerprint density at radius 1 is 1.04 bits per heavy atom. The van der Waals surface area contributed by atoms with Crippen molar-refractivity contribution in [2.75, 3.05) is 31.2 Å². The van der Waals surface area contributed by atoms with E-state index in [0.717, 1.165) is 29.8 Å². The quantitative estimate of drug-likeness (QED) is 0.659. The first-order valence-corrected chi connectivity index (χ1v) is 8.46. The highest BCUT2D eigenvalue weighted by molar-refractivity contribution is 6.28. The molecule has 0 bridgehead atoms. The van der Waals surface area contributed by atoms with Crippen LogP contribution in [0.25, 0.3) is 22.0 Å². The summed E-state index contributed by atoms with van der Waals surface area (Å²) < 4.78 is 5.45. The summed E-state index contributed by atoms with van der Waals surface area (Å²) in [5, 5.41) is 1.31. The molecule has 2 heterocycles. The van der Waals surface area contributed by atoms with Crippen LogP contribution in [-0.4, -0.2) is 36.3 Å². The molecule has 24 heavy (non-hydrogen) atoms. The van der Waals surface area contributed by atoms with Crippen LogP contribution in [-0.2, 0) is 4.74 Å². The number of anilines is 1. The molecule has 1 aromatic heterocycles.